The second kappa shape index (κ2) is 6.55. The van der Waals surface area contributed by atoms with E-state index in [1.165, 1.54) is 16.7 Å². The monoisotopic (exact) mass is 402 g/mol. The third kappa shape index (κ3) is 3.52. The highest BCUT2D eigenvalue weighted by atomic mass is 19.1. The molecule has 4 rings (SSSR count). The molecule has 7 heteroatoms. The lowest BCUT2D eigenvalue weighted by Crippen LogP contribution is -2.39. The predicted octanol–water partition coefficient (Wildman–Crippen LogP) is 3.89. The van der Waals surface area contributed by atoms with Gasteiger partial charge in [-0.3, -0.25) is 14.5 Å². The minimum Gasteiger partial charge on any atom is -0.480 e. The maximum absolute atomic E-state index is 13.8. The maximum Gasteiger partial charge on any atom is 0.325 e. The molecule has 2 aliphatic rings. The number of halogens is 1. The van der Waals surface area contributed by atoms with Crippen LogP contribution >= 0.6 is 0 Å². The number of aliphatic carboxylic acids is 2. The van der Waals surface area contributed by atoms with E-state index < -0.39 is 23.8 Å². The zero-order chi connectivity index (χ0) is 21.1. The molecule has 1 saturated heterocycles. The number of nitrogens with zero attached hydrogens (tertiary/aromatic N) is 2. The first-order valence-electron chi connectivity index (χ1n) is 9.97. The summed E-state index contributed by atoms with van der Waals surface area (Å²) in [5.41, 5.74) is 1.15. The molecule has 1 aromatic heterocycles. The number of aromatic nitrogens is 1. The Kier molecular flexibility index (Phi) is 4.49. The number of hydrogen-bond donors (Lipinski definition) is 2. The lowest BCUT2D eigenvalue weighted by Gasteiger charge is -2.40. The van der Waals surface area contributed by atoms with E-state index in [1.54, 1.807) is 12.3 Å². The van der Waals surface area contributed by atoms with Gasteiger partial charge in [0.25, 0.3) is 0 Å². The molecule has 2 heterocycles. The van der Waals surface area contributed by atoms with E-state index in [4.69, 9.17) is 0 Å². The van der Waals surface area contributed by atoms with Crippen LogP contribution in [-0.4, -0.2) is 44.2 Å². The lowest BCUT2D eigenvalue weighted by atomic mass is 9.65. The number of carbonyl (C=O) groups is 2. The molecule has 0 radical (unpaired) electrons. The summed E-state index contributed by atoms with van der Waals surface area (Å²) in [6.45, 7) is 7.03. The van der Waals surface area contributed by atoms with E-state index in [0.29, 0.717) is 23.0 Å². The van der Waals surface area contributed by atoms with Crippen LogP contribution in [0, 0.1) is 16.6 Å². The highest BCUT2D eigenvalue weighted by Crippen LogP contribution is 2.54. The van der Waals surface area contributed by atoms with Gasteiger partial charge in [0.15, 0.2) is 0 Å². The molecule has 0 spiro atoms. The van der Waals surface area contributed by atoms with Crippen LogP contribution in [-0.2, 0) is 16.1 Å². The maximum atomic E-state index is 13.8. The number of carboxylic acids is 2. The van der Waals surface area contributed by atoms with Gasteiger partial charge in [0.1, 0.15) is 18.4 Å². The molecule has 2 N–H and O–H groups in total. The van der Waals surface area contributed by atoms with E-state index in [1.807, 2.05) is 0 Å². The van der Waals surface area contributed by atoms with Gasteiger partial charge in [-0.15, -0.1) is 0 Å². The zero-order valence-electron chi connectivity index (χ0n) is 17.0. The molecular weight excluding hydrogens is 375 g/mol. The van der Waals surface area contributed by atoms with Crippen molar-refractivity contribution in [2.24, 2.45) is 10.8 Å². The van der Waals surface area contributed by atoms with Crippen LogP contribution < -0.4 is 0 Å². The largest absolute Gasteiger partial charge is 0.480 e. The van der Waals surface area contributed by atoms with E-state index in [9.17, 15) is 24.2 Å². The van der Waals surface area contributed by atoms with Gasteiger partial charge >= 0.3 is 11.9 Å². The molecule has 1 saturated carbocycles. The number of carboxylic acid groups (broad SMARTS) is 2. The minimum atomic E-state index is -1.06. The Morgan fingerprint density at radius 3 is 2.62 bits per heavy atom. The van der Waals surface area contributed by atoms with Crippen LogP contribution in [0.4, 0.5) is 4.39 Å². The van der Waals surface area contributed by atoms with Gasteiger partial charge in [0.2, 0.25) is 0 Å². The van der Waals surface area contributed by atoms with Crippen molar-refractivity contribution in [1.29, 1.82) is 0 Å². The van der Waals surface area contributed by atoms with Gasteiger partial charge in [0.05, 0.1) is 5.52 Å². The quantitative estimate of drug-likeness (QED) is 0.793. The van der Waals surface area contributed by atoms with Crippen LogP contribution in [0.5, 0.6) is 0 Å². The minimum absolute atomic E-state index is 0.0612. The van der Waals surface area contributed by atoms with Crippen LogP contribution in [0.25, 0.3) is 10.9 Å². The number of likely N-dealkylation sites (tertiary alicyclic amines) is 1. The molecule has 2 aromatic rings. The topological polar surface area (TPSA) is 82.8 Å². The molecule has 6 nitrogen and oxygen atoms in total. The molecule has 156 valence electrons. The van der Waals surface area contributed by atoms with Crippen LogP contribution in [0.2, 0.25) is 0 Å². The number of benzene rings is 1. The summed E-state index contributed by atoms with van der Waals surface area (Å²) in [7, 11) is 0. The second-order valence-corrected chi connectivity index (χ2v) is 9.89. The smallest absolute Gasteiger partial charge is 0.325 e. The molecule has 2 bridgehead atoms. The molecule has 29 heavy (non-hydrogen) atoms. The van der Waals surface area contributed by atoms with Crippen molar-refractivity contribution in [3.63, 3.8) is 0 Å². The van der Waals surface area contributed by atoms with Crippen molar-refractivity contribution in [2.75, 3.05) is 6.54 Å². The van der Waals surface area contributed by atoms with Crippen molar-refractivity contribution in [3.05, 3.63) is 35.8 Å². The predicted molar refractivity (Wildman–Crippen MR) is 106 cm³/mol. The molecule has 2 fully saturated rings. The number of hydrogen-bond acceptors (Lipinski definition) is 3. The highest BCUT2D eigenvalue weighted by molar-refractivity contribution is 5.90. The van der Waals surface area contributed by atoms with Gasteiger partial charge in [-0.1, -0.05) is 20.8 Å². The first kappa shape index (κ1) is 19.9. The fourth-order valence-electron chi connectivity index (χ4n) is 6.05. The summed E-state index contributed by atoms with van der Waals surface area (Å²) < 4.78 is 15.3. The van der Waals surface area contributed by atoms with Gasteiger partial charge in [-0.2, -0.15) is 0 Å². The van der Waals surface area contributed by atoms with Crippen molar-refractivity contribution in [1.82, 2.24) is 9.47 Å². The summed E-state index contributed by atoms with van der Waals surface area (Å²) in [4.78, 5) is 25.8. The third-order valence-electron chi connectivity index (χ3n) is 6.50. The Hall–Kier alpha value is -2.41. The van der Waals surface area contributed by atoms with E-state index >= 15 is 0 Å². The Morgan fingerprint density at radius 2 is 1.97 bits per heavy atom. The molecule has 1 aromatic carbocycles. The molecule has 0 unspecified atom stereocenters. The van der Waals surface area contributed by atoms with E-state index in [2.05, 4.69) is 25.7 Å². The Balaban J connectivity index is 1.82. The number of rotatable bonds is 5. The first-order valence-corrected chi connectivity index (χ1v) is 9.97. The van der Waals surface area contributed by atoms with Crippen LogP contribution in [0.15, 0.2) is 24.4 Å². The molecule has 1 aliphatic heterocycles. The van der Waals surface area contributed by atoms with Crippen molar-refractivity contribution in [2.45, 2.75) is 58.7 Å². The zero-order valence-corrected chi connectivity index (χ0v) is 17.0. The highest BCUT2D eigenvalue weighted by Gasteiger charge is 2.52. The van der Waals surface area contributed by atoms with Crippen molar-refractivity contribution < 1.29 is 24.2 Å². The number of fused-ring (bicyclic) bond motifs is 3. The Labute approximate surface area is 168 Å². The molecule has 1 aliphatic carbocycles. The lowest BCUT2D eigenvalue weighted by molar-refractivity contribution is -0.144. The average molecular weight is 402 g/mol. The Morgan fingerprint density at radius 1 is 1.24 bits per heavy atom. The normalized spacial score (nSPS) is 27.2. The van der Waals surface area contributed by atoms with E-state index in [0.717, 1.165) is 19.3 Å². The van der Waals surface area contributed by atoms with Crippen LogP contribution in [0.1, 0.15) is 51.6 Å². The molecule has 3 atom stereocenters. The SMILES string of the molecule is CC1(C)C[C@@H]2C[C@](C)(CN2[C@H](C(=O)O)c2cn(CC(=O)O)c3cc(F)ccc23)C1. The van der Waals surface area contributed by atoms with Crippen molar-refractivity contribution in [3.8, 4) is 0 Å². The fraction of sp³-hybridized carbons (Fsp3) is 0.545. The summed E-state index contributed by atoms with van der Waals surface area (Å²) in [5, 5.41) is 20.0. The molecule has 0 amide bonds. The summed E-state index contributed by atoms with van der Waals surface area (Å²) in [6.07, 6.45) is 4.51. The third-order valence-corrected chi connectivity index (χ3v) is 6.50. The second-order valence-electron chi connectivity index (χ2n) is 9.89. The summed E-state index contributed by atoms with van der Waals surface area (Å²) in [6, 6.07) is 3.39. The van der Waals surface area contributed by atoms with Crippen LogP contribution in [0.3, 0.4) is 0 Å². The molecular formula is C22H27FN2O4. The van der Waals surface area contributed by atoms with Crippen molar-refractivity contribution >= 4 is 22.8 Å². The average Bonchev–Trinajstić information content (AvgIpc) is 3.01. The van der Waals surface area contributed by atoms with Gasteiger partial charge in [-0.25, -0.2) is 4.39 Å². The fourth-order valence-corrected chi connectivity index (χ4v) is 6.05. The van der Waals surface area contributed by atoms with E-state index in [-0.39, 0.29) is 23.4 Å². The standard InChI is InChI=1S/C22H27FN2O4/c1-21(2)7-14-8-22(3,11-21)12-25(14)19(20(28)29)16-9-24(10-18(26)27)17-6-13(23)4-5-15(16)17/h4-6,9,14,19H,7-8,10-12H2,1-3H3,(H,26,27)(H,28,29)/t14-,19+,22+/m1/s1. The van der Waals surface area contributed by atoms with Gasteiger partial charge in [-0.05, 0) is 48.3 Å². The van der Waals surface area contributed by atoms with Gasteiger partial charge < -0.3 is 14.8 Å². The Bertz CT molecular complexity index is 998. The summed E-state index contributed by atoms with van der Waals surface area (Å²) >= 11 is 0. The summed E-state index contributed by atoms with van der Waals surface area (Å²) in [5.74, 6) is -2.50. The van der Waals surface area contributed by atoms with Gasteiger partial charge in [0, 0.05) is 29.7 Å². The first-order chi connectivity index (χ1) is 13.5.